The largest absolute Gasteiger partial charge is 0.748 e. The molecule has 0 nitrogen and oxygen atoms in total. The Hall–Kier alpha value is -0.794. The molecule has 2 aromatic rings. The summed E-state index contributed by atoms with van der Waals surface area (Å²) in [5, 5.41) is 0. The van der Waals surface area contributed by atoms with Crippen LogP contribution < -0.4 is 0 Å². The van der Waals surface area contributed by atoms with Gasteiger partial charge >= 0.3 is 0 Å². The van der Waals surface area contributed by atoms with Gasteiger partial charge in [-0.3, -0.25) is 0 Å². The second-order valence-electron chi connectivity index (χ2n) is 2.92. The van der Waals surface area contributed by atoms with Crippen molar-refractivity contribution < 1.29 is 16.8 Å². The number of hydrogen-bond acceptors (Lipinski definition) is 0. The second kappa shape index (κ2) is 6.69. The molecule has 1 radical (unpaired) electrons. The SMILES string of the molecule is C[c-]1[cH-][cH-][cH-][cH-]1.C[c-]1cccc1.[Co]. The molecular formula is C12H14Co-6. The molecule has 77 valence electrons. The molecule has 0 unspecified atom stereocenters. The molecular weight excluding hydrogens is 203 g/mol. The van der Waals surface area contributed by atoms with Crippen molar-refractivity contribution in [2.75, 3.05) is 0 Å². The molecule has 2 aromatic carbocycles. The molecule has 0 bridgehead atoms. The van der Waals surface area contributed by atoms with Crippen LogP contribution in [0.3, 0.4) is 0 Å². The molecule has 13 heavy (non-hydrogen) atoms. The monoisotopic (exact) mass is 217 g/mol. The first-order valence-corrected chi connectivity index (χ1v) is 4.15. The van der Waals surface area contributed by atoms with E-state index in [-0.39, 0.29) is 16.8 Å². The van der Waals surface area contributed by atoms with Crippen LogP contribution in [-0.4, -0.2) is 0 Å². The van der Waals surface area contributed by atoms with Crippen LogP contribution >= 0.6 is 0 Å². The maximum absolute atomic E-state index is 2.08. The predicted octanol–water partition coefficient (Wildman–Crippen LogP) is 3.43. The minimum atomic E-state index is 0. The van der Waals surface area contributed by atoms with Crippen molar-refractivity contribution >= 4 is 0 Å². The van der Waals surface area contributed by atoms with Crippen LogP contribution in [0, 0.1) is 13.8 Å². The summed E-state index contributed by atoms with van der Waals surface area (Å²) in [6.07, 6.45) is 0. The van der Waals surface area contributed by atoms with Crippen LogP contribution in [0.1, 0.15) is 11.1 Å². The van der Waals surface area contributed by atoms with E-state index in [0.717, 1.165) is 0 Å². The average molecular weight is 217 g/mol. The summed E-state index contributed by atoms with van der Waals surface area (Å²) in [4.78, 5) is 0. The van der Waals surface area contributed by atoms with Crippen molar-refractivity contribution in [2.24, 2.45) is 0 Å². The van der Waals surface area contributed by atoms with Crippen molar-refractivity contribution in [2.45, 2.75) is 13.8 Å². The topological polar surface area (TPSA) is 0 Å². The van der Waals surface area contributed by atoms with Gasteiger partial charge in [-0.05, 0) is 0 Å². The van der Waals surface area contributed by atoms with Gasteiger partial charge in [-0.15, -0.1) is 0 Å². The number of hydrogen-bond donors (Lipinski definition) is 0. The van der Waals surface area contributed by atoms with E-state index in [9.17, 15) is 0 Å². The molecule has 0 saturated carbocycles. The normalized spacial score (nSPS) is 8.15. The Morgan fingerprint density at radius 3 is 1.54 bits per heavy atom. The van der Waals surface area contributed by atoms with Gasteiger partial charge in [0.2, 0.25) is 0 Å². The Morgan fingerprint density at radius 2 is 1.38 bits per heavy atom. The van der Waals surface area contributed by atoms with Gasteiger partial charge in [0.1, 0.15) is 0 Å². The number of rotatable bonds is 0. The van der Waals surface area contributed by atoms with E-state index in [1.54, 1.807) is 0 Å². The van der Waals surface area contributed by atoms with E-state index >= 15 is 0 Å². The zero-order chi connectivity index (χ0) is 8.81. The molecule has 0 saturated heterocycles. The van der Waals surface area contributed by atoms with Gasteiger partial charge in [0, 0.05) is 16.8 Å². The van der Waals surface area contributed by atoms with Crippen molar-refractivity contribution in [1.82, 2.24) is 0 Å². The Bertz CT molecular complexity index is 245. The first-order chi connectivity index (χ1) is 5.79. The minimum absolute atomic E-state index is 0. The Balaban J connectivity index is 0.000000206. The molecule has 1 heteroatoms. The first kappa shape index (κ1) is 12.2. The van der Waals surface area contributed by atoms with E-state index in [0.29, 0.717) is 0 Å². The molecule has 0 fully saturated rings. The van der Waals surface area contributed by atoms with Crippen LogP contribution in [0.4, 0.5) is 0 Å². The quantitative estimate of drug-likeness (QED) is 0.593. The molecule has 0 aliphatic heterocycles. The third kappa shape index (κ3) is 5.45. The third-order valence-corrected chi connectivity index (χ3v) is 1.66. The maximum atomic E-state index is 2.08. The van der Waals surface area contributed by atoms with Gasteiger partial charge in [-0.2, -0.15) is 17.7 Å². The van der Waals surface area contributed by atoms with Crippen molar-refractivity contribution in [3.63, 3.8) is 0 Å². The fraction of sp³-hybridized carbons (Fsp3) is 0.167. The van der Waals surface area contributed by atoms with Gasteiger partial charge in [-0.1, -0.05) is 6.92 Å². The van der Waals surface area contributed by atoms with Crippen LogP contribution in [0.5, 0.6) is 0 Å². The second-order valence-corrected chi connectivity index (χ2v) is 2.92. The minimum Gasteiger partial charge on any atom is -0.748 e. The zero-order valence-corrected chi connectivity index (χ0v) is 8.99. The summed E-state index contributed by atoms with van der Waals surface area (Å²) in [6.45, 7) is 4.17. The van der Waals surface area contributed by atoms with Crippen LogP contribution in [0.2, 0.25) is 0 Å². The van der Waals surface area contributed by atoms with Crippen molar-refractivity contribution in [3.8, 4) is 0 Å². The van der Waals surface area contributed by atoms with Crippen LogP contribution in [0.15, 0.2) is 48.5 Å². The average Bonchev–Trinajstić information content (AvgIpc) is 2.63. The van der Waals surface area contributed by atoms with E-state index in [2.05, 4.69) is 38.1 Å². The van der Waals surface area contributed by atoms with Crippen molar-refractivity contribution in [3.05, 3.63) is 59.7 Å². The molecule has 0 amide bonds. The Kier molecular flexibility index (Phi) is 6.28. The third-order valence-electron chi connectivity index (χ3n) is 1.66. The fourth-order valence-electron chi connectivity index (χ4n) is 0.940. The van der Waals surface area contributed by atoms with E-state index in [1.807, 2.05) is 24.3 Å². The van der Waals surface area contributed by atoms with E-state index < -0.39 is 0 Å². The summed E-state index contributed by atoms with van der Waals surface area (Å²) in [6, 6.07) is 16.5. The summed E-state index contributed by atoms with van der Waals surface area (Å²) in [5.41, 5.74) is 2.69. The molecule has 0 heterocycles. The summed E-state index contributed by atoms with van der Waals surface area (Å²) in [5.74, 6) is 0. The first-order valence-electron chi connectivity index (χ1n) is 4.15. The smallest absolute Gasteiger partial charge is 0 e. The van der Waals surface area contributed by atoms with Crippen LogP contribution in [-0.2, 0) is 16.8 Å². The van der Waals surface area contributed by atoms with E-state index in [4.69, 9.17) is 0 Å². The van der Waals surface area contributed by atoms with Gasteiger partial charge in [0.25, 0.3) is 0 Å². The molecule has 0 spiro atoms. The van der Waals surface area contributed by atoms with Crippen molar-refractivity contribution in [1.29, 1.82) is 0 Å². The summed E-state index contributed by atoms with van der Waals surface area (Å²) in [7, 11) is 0. The number of aryl methyl sites for hydroxylation is 2. The summed E-state index contributed by atoms with van der Waals surface area (Å²) < 4.78 is 0. The van der Waals surface area contributed by atoms with Gasteiger partial charge < -0.3 is 29.8 Å². The zero-order valence-electron chi connectivity index (χ0n) is 7.95. The molecule has 0 N–H and O–H groups in total. The predicted molar refractivity (Wildman–Crippen MR) is 53.5 cm³/mol. The molecule has 0 aliphatic rings. The Morgan fingerprint density at radius 1 is 0.923 bits per heavy atom. The fourth-order valence-corrected chi connectivity index (χ4v) is 0.940. The molecule has 0 atom stereocenters. The van der Waals surface area contributed by atoms with Gasteiger partial charge in [0.05, 0.1) is 0 Å². The standard InChI is InChI=1S/2C6H7.Co/c2*1-6-4-2-3-5-6;/h2*2-5H,1H3;/q-5;-1;. The maximum Gasteiger partial charge on any atom is 0 e. The van der Waals surface area contributed by atoms with Crippen LogP contribution in [0.25, 0.3) is 0 Å². The Labute approximate surface area is 90.5 Å². The summed E-state index contributed by atoms with van der Waals surface area (Å²) >= 11 is 0. The van der Waals surface area contributed by atoms with E-state index in [1.165, 1.54) is 11.1 Å². The molecule has 2 rings (SSSR count). The van der Waals surface area contributed by atoms with Gasteiger partial charge in [0.15, 0.2) is 0 Å². The molecule has 0 aromatic heterocycles. The van der Waals surface area contributed by atoms with Gasteiger partial charge in [-0.25, -0.2) is 19.1 Å². The molecule has 0 aliphatic carbocycles.